The van der Waals surface area contributed by atoms with Crippen molar-refractivity contribution in [3.05, 3.63) is 461 Å². The summed E-state index contributed by atoms with van der Waals surface area (Å²) >= 11 is 14.1. The van der Waals surface area contributed by atoms with Gasteiger partial charge < -0.3 is 41.7 Å². The van der Waals surface area contributed by atoms with Gasteiger partial charge in [-0.1, -0.05) is 282 Å². The highest BCUT2D eigenvalue weighted by atomic mass is 79.9. The molecule has 16 rings (SSSR count). The first-order chi connectivity index (χ1) is 65.6. The number of benzene rings is 16. The monoisotopic (exact) mass is 2040 g/mol. The molecule has 6 N–H and O–H groups in total. The highest BCUT2D eigenvalue weighted by Crippen LogP contribution is 2.45. The Bertz CT molecular complexity index is 5870. The van der Waals surface area contributed by atoms with Gasteiger partial charge in [0.25, 0.3) is 0 Å². The van der Waals surface area contributed by atoms with Crippen molar-refractivity contribution in [3.63, 3.8) is 0 Å². The van der Waals surface area contributed by atoms with Crippen LogP contribution in [0.25, 0.3) is 0 Å². The Hall–Kier alpha value is -12.2. The summed E-state index contributed by atoms with van der Waals surface area (Å²) in [7, 11) is 0. The number of halogens is 4. The second-order valence-corrected chi connectivity index (χ2v) is 38.1. The fourth-order valence-corrected chi connectivity index (χ4v) is 17.3. The van der Waals surface area contributed by atoms with Crippen LogP contribution in [0.15, 0.2) is 394 Å². The molecule has 135 heavy (non-hydrogen) atoms. The molecule has 0 atom stereocenters. The number of hydrogen-bond acceptors (Lipinski definition) is 8. The molecule has 0 aromatic heterocycles. The van der Waals surface area contributed by atoms with Crippen LogP contribution in [-0.2, 0) is 32.1 Å². The number of nitrogens with zero attached hydrogens (tertiary/aromatic N) is 4. The van der Waals surface area contributed by atoms with E-state index < -0.39 is 0 Å². The Morgan fingerprint density at radius 2 is 0.437 bits per heavy atom. The second-order valence-electron chi connectivity index (χ2n) is 34.5. The molecule has 694 valence electrons. The standard InChI is InChI=1S/C40H42Br2N2.C40H44N2.C20H20N2.C10H13Br.C7H7Br.C6H8N2/c1-5-7-9-31-11-17-35(18-12-31)43(39-25-15-33(41)27-29(39)3)37-21-23-38(24-22-37)44(40-26-16-34(42)28-30(40)4)36-19-13-32(14-20-36)10-8-6-2;1-5-7-15-33-19-23-35(24-20-33)41(39-17-11-9-13-31(39)3)37-27-29-38(30-28-37)42(40-18-12-10-14-32(40)4)36-25-21-34(22-26-36)16-8-6-2;1-15-7-3-5-9-19(15)21-17-11-13-18(14-12-17)22-20-10-6-4-8-16(20)2;1-2-3-4-9-5-7-10(11)8-6-9;1-6-4-2-3-5-7(6)8;7-5-1-2-6(8)4-3-5/h11-28H,5-10H2,1-4H3;9-14,17-30H,5-8,15-16H2,1-4H3;3-14,21-22H,1-2H3;5-8H,2-4H2,1H3;2-5H,1H3;1-4H,7-8H2. The minimum absolute atomic E-state index is 0.749. The lowest BCUT2D eigenvalue weighted by atomic mass is 10.1. The van der Waals surface area contributed by atoms with Gasteiger partial charge in [-0.3, -0.25) is 0 Å². The van der Waals surface area contributed by atoms with Gasteiger partial charge in [-0.05, 0) is 404 Å². The molecule has 16 aromatic rings. The van der Waals surface area contributed by atoms with Crippen molar-refractivity contribution >= 4 is 166 Å². The second kappa shape index (κ2) is 54.4. The number of nitrogens with two attached hydrogens (primary N) is 2. The van der Waals surface area contributed by atoms with E-state index in [-0.39, 0.29) is 0 Å². The summed E-state index contributed by atoms with van der Waals surface area (Å²) in [6.45, 7) is 26.2. The van der Waals surface area contributed by atoms with Crippen LogP contribution >= 0.6 is 63.7 Å². The van der Waals surface area contributed by atoms with Crippen molar-refractivity contribution < 1.29 is 0 Å². The lowest BCUT2D eigenvalue weighted by Gasteiger charge is -2.30. The molecule has 8 nitrogen and oxygen atoms in total. The quantitative estimate of drug-likeness (QED) is 0.0320. The zero-order valence-corrected chi connectivity index (χ0v) is 87.2. The Kier molecular flexibility index (Phi) is 41.6. The highest BCUT2D eigenvalue weighted by molar-refractivity contribution is 9.11. The van der Waals surface area contributed by atoms with Gasteiger partial charge in [0.1, 0.15) is 0 Å². The van der Waals surface area contributed by atoms with Gasteiger partial charge in [-0.2, -0.15) is 0 Å². The number of rotatable bonds is 31. The lowest BCUT2D eigenvalue weighted by Crippen LogP contribution is -2.13. The van der Waals surface area contributed by atoms with Gasteiger partial charge >= 0.3 is 0 Å². The van der Waals surface area contributed by atoms with Crippen LogP contribution in [-0.4, -0.2) is 0 Å². The lowest BCUT2D eigenvalue weighted by molar-refractivity contribution is 0.795. The van der Waals surface area contributed by atoms with Crippen LogP contribution in [0.4, 0.5) is 102 Å². The fraction of sp³-hybridized carbons (Fsp3) is 0.220. The van der Waals surface area contributed by atoms with Crippen LogP contribution in [0, 0.1) is 48.5 Å². The van der Waals surface area contributed by atoms with E-state index in [1.807, 2.05) is 30.3 Å². The molecule has 0 saturated heterocycles. The van der Waals surface area contributed by atoms with Crippen LogP contribution in [0.2, 0.25) is 0 Å². The molecule has 0 amide bonds. The van der Waals surface area contributed by atoms with Gasteiger partial charge in [0.15, 0.2) is 0 Å². The smallest absolute Gasteiger partial charge is 0.0491 e. The van der Waals surface area contributed by atoms with E-state index in [1.54, 1.807) is 24.3 Å². The Morgan fingerprint density at radius 3 is 0.674 bits per heavy atom. The molecule has 0 aliphatic heterocycles. The van der Waals surface area contributed by atoms with E-state index in [0.29, 0.717) is 0 Å². The summed E-state index contributed by atoms with van der Waals surface area (Å²) in [6, 6.07) is 134. The average Bonchev–Trinajstić information content (AvgIpc) is 0.785. The first-order valence-electron chi connectivity index (χ1n) is 47.8. The van der Waals surface area contributed by atoms with Crippen molar-refractivity contribution in [2.24, 2.45) is 0 Å². The van der Waals surface area contributed by atoms with Gasteiger partial charge in [0.05, 0.1) is 0 Å². The Labute approximate surface area is 840 Å². The minimum atomic E-state index is 0.749. The third-order valence-electron chi connectivity index (χ3n) is 23.8. The van der Waals surface area contributed by atoms with E-state index in [0.717, 1.165) is 107 Å². The topological polar surface area (TPSA) is 89.1 Å². The summed E-state index contributed by atoms with van der Waals surface area (Å²) in [4.78, 5) is 9.49. The molecule has 0 aliphatic rings. The first kappa shape index (κ1) is 103. The SMILES string of the molecule is CCCCc1ccc(Br)cc1.CCCCc1ccc(N(c2ccc(N(c3ccc(CCCC)cc3)c3ccc(Br)cc3C)cc2)c2ccc(Br)cc2C)cc1.CCCCc1ccc(N(c2ccc(N(c3ccc(CCCC)cc3)c3ccccc3C)cc2)c2ccccc2C)cc1.Cc1ccccc1Br.Cc1ccccc1Nc1ccc(Nc2ccccc2C)cc1.Nc1ccc(N)cc1. The number of nitrogen functional groups attached to an aromatic ring is 2. The van der Waals surface area contributed by atoms with Crippen molar-refractivity contribution in [2.45, 2.75) is 179 Å². The first-order valence-corrected chi connectivity index (χ1v) is 51.0. The Balaban J connectivity index is 0.000000175. The van der Waals surface area contributed by atoms with Crippen molar-refractivity contribution in [3.8, 4) is 0 Å². The number of nitrogens with one attached hydrogen (secondary N) is 2. The summed E-state index contributed by atoms with van der Waals surface area (Å²) < 4.78 is 4.52. The molecule has 0 radical (unpaired) electrons. The predicted molar refractivity (Wildman–Crippen MR) is 603 cm³/mol. The highest BCUT2D eigenvalue weighted by Gasteiger charge is 2.22. The summed E-state index contributed by atoms with van der Waals surface area (Å²) in [6.07, 6.45) is 18.0. The summed E-state index contributed by atoms with van der Waals surface area (Å²) in [5.74, 6) is 0. The third-order valence-corrected chi connectivity index (χ3v) is 26.2. The molecule has 0 spiro atoms. The van der Waals surface area contributed by atoms with Crippen LogP contribution in [0.3, 0.4) is 0 Å². The zero-order valence-electron chi connectivity index (χ0n) is 80.9. The van der Waals surface area contributed by atoms with E-state index >= 15 is 0 Å². The van der Waals surface area contributed by atoms with E-state index in [9.17, 15) is 0 Å². The number of aryl methyl sites for hydroxylation is 12. The van der Waals surface area contributed by atoms with Crippen LogP contribution in [0.1, 0.15) is 166 Å². The maximum Gasteiger partial charge on any atom is 0.0491 e. The summed E-state index contributed by atoms with van der Waals surface area (Å²) in [5, 5.41) is 6.89. The summed E-state index contributed by atoms with van der Waals surface area (Å²) in [5.41, 5.74) is 46.4. The number of para-hydroxylation sites is 4. The molecule has 0 aliphatic carbocycles. The average molecular weight is 2040 g/mol. The molecule has 12 heteroatoms. The largest absolute Gasteiger partial charge is 0.399 e. The Morgan fingerprint density at radius 1 is 0.215 bits per heavy atom. The van der Waals surface area contributed by atoms with Gasteiger partial charge in [0, 0.05) is 120 Å². The normalized spacial score (nSPS) is 10.6. The van der Waals surface area contributed by atoms with Gasteiger partial charge in [0.2, 0.25) is 0 Å². The number of anilines is 18. The minimum Gasteiger partial charge on any atom is -0.399 e. The number of unbranched alkanes of at least 4 members (excludes halogenated alkanes) is 5. The van der Waals surface area contributed by atoms with E-state index in [2.05, 4.69) is 499 Å². The maximum atomic E-state index is 5.37. The molecule has 0 unspecified atom stereocenters. The molecular formula is C123H134Br4N8. The van der Waals surface area contributed by atoms with Crippen molar-refractivity contribution in [1.82, 2.24) is 0 Å². The van der Waals surface area contributed by atoms with Gasteiger partial charge in [-0.15, -0.1) is 0 Å². The van der Waals surface area contributed by atoms with Crippen molar-refractivity contribution in [1.29, 1.82) is 0 Å². The van der Waals surface area contributed by atoms with Gasteiger partial charge in [-0.25, -0.2) is 0 Å². The van der Waals surface area contributed by atoms with Crippen molar-refractivity contribution in [2.75, 3.05) is 41.7 Å². The fourth-order valence-electron chi connectivity index (χ4n) is 15.8. The molecule has 0 fully saturated rings. The van der Waals surface area contributed by atoms with E-state index in [4.69, 9.17) is 11.5 Å². The van der Waals surface area contributed by atoms with Crippen LogP contribution < -0.4 is 41.7 Å². The predicted octanol–water partition coefficient (Wildman–Crippen LogP) is 38.6. The van der Waals surface area contributed by atoms with E-state index in [1.165, 1.54) is 176 Å². The third kappa shape index (κ3) is 31.7. The molecule has 0 heterocycles. The van der Waals surface area contributed by atoms with Crippen LogP contribution in [0.5, 0.6) is 0 Å². The molecular weight excluding hydrogens is 1910 g/mol. The molecule has 16 aromatic carbocycles. The molecule has 0 saturated carbocycles. The zero-order chi connectivity index (χ0) is 95.8. The maximum absolute atomic E-state index is 5.37. The number of hydrogen-bond donors (Lipinski definition) is 4. The molecule has 0 bridgehead atoms.